The second-order valence-electron chi connectivity index (χ2n) is 4.60. The van der Waals surface area contributed by atoms with Gasteiger partial charge in [0.15, 0.2) is 0 Å². The molecule has 0 saturated carbocycles. The Kier molecular flexibility index (Phi) is 4.83. The van der Waals surface area contributed by atoms with Crippen molar-refractivity contribution in [3.63, 3.8) is 0 Å². The molecule has 0 saturated heterocycles. The Morgan fingerprint density at radius 3 is 2.37 bits per heavy atom. The first-order valence-corrected chi connectivity index (χ1v) is 6.87. The lowest BCUT2D eigenvalue weighted by Crippen LogP contribution is -2.23. The van der Waals surface area contributed by atoms with Crippen molar-refractivity contribution in [2.24, 2.45) is 0 Å². The number of anilines is 1. The van der Waals surface area contributed by atoms with Crippen molar-refractivity contribution in [3.8, 4) is 0 Å². The smallest absolute Gasteiger partial charge is 0.0471 e. The predicted octanol–water partition coefficient (Wildman–Crippen LogP) is 3.94. The summed E-state index contributed by atoms with van der Waals surface area (Å²) in [5.74, 6) is 0. The van der Waals surface area contributed by atoms with Crippen molar-refractivity contribution < 1.29 is 0 Å². The van der Waals surface area contributed by atoms with Crippen LogP contribution in [0.15, 0.2) is 48.5 Å². The third-order valence-corrected chi connectivity index (χ3v) is 3.59. The quantitative estimate of drug-likeness (QED) is 0.837. The van der Waals surface area contributed by atoms with Crippen LogP contribution in [0.1, 0.15) is 18.1 Å². The van der Waals surface area contributed by atoms with E-state index in [2.05, 4.69) is 36.1 Å². The lowest BCUT2D eigenvalue weighted by Gasteiger charge is -2.22. The Labute approximate surface area is 119 Å². The molecule has 0 radical (unpaired) electrons. The first kappa shape index (κ1) is 13.9. The van der Waals surface area contributed by atoms with Crippen LogP contribution in [0.4, 0.5) is 5.69 Å². The van der Waals surface area contributed by atoms with E-state index in [1.807, 2.05) is 24.3 Å². The largest absolute Gasteiger partial charge is 0.398 e. The molecule has 19 heavy (non-hydrogen) atoms. The van der Waals surface area contributed by atoms with Gasteiger partial charge in [-0.2, -0.15) is 0 Å². The Morgan fingerprint density at radius 2 is 1.74 bits per heavy atom. The Bertz CT molecular complexity index is 505. The molecule has 0 aliphatic carbocycles. The van der Waals surface area contributed by atoms with Crippen molar-refractivity contribution in [3.05, 3.63) is 64.7 Å². The zero-order chi connectivity index (χ0) is 13.7. The Hall–Kier alpha value is -1.51. The van der Waals surface area contributed by atoms with Gasteiger partial charge in [0.05, 0.1) is 0 Å². The first-order chi connectivity index (χ1) is 9.20. The average Bonchev–Trinajstić information content (AvgIpc) is 2.43. The molecule has 0 bridgehead atoms. The molecule has 0 spiro atoms. The van der Waals surface area contributed by atoms with E-state index in [0.29, 0.717) is 0 Å². The average molecular weight is 275 g/mol. The van der Waals surface area contributed by atoms with Crippen molar-refractivity contribution in [2.45, 2.75) is 20.0 Å². The molecule has 0 heterocycles. The van der Waals surface area contributed by atoms with Gasteiger partial charge in [-0.15, -0.1) is 0 Å². The summed E-state index contributed by atoms with van der Waals surface area (Å²) in [4.78, 5) is 2.33. The van der Waals surface area contributed by atoms with Crippen LogP contribution in [0, 0.1) is 0 Å². The van der Waals surface area contributed by atoms with Crippen LogP contribution < -0.4 is 5.73 Å². The molecule has 2 aromatic carbocycles. The van der Waals surface area contributed by atoms with E-state index in [1.54, 1.807) is 0 Å². The molecule has 0 atom stereocenters. The zero-order valence-corrected chi connectivity index (χ0v) is 11.9. The fourth-order valence-electron chi connectivity index (χ4n) is 2.09. The summed E-state index contributed by atoms with van der Waals surface area (Å²) in [6.45, 7) is 4.79. The molecule has 0 fully saturated rings. The summed E-state index contributed by atoms with van der Waals surface area (Å²) in [6, 6.07) is 16.1. The fraction of sp³-hybridized carbons (Fsp3) is 0.250. The fourth-order valence-corrected chi connectivity index (χ4v) is 2.33. The third kappa shape index (κ3) is 3.72. The molecular weight excluding hydrogens is 256 g/mol. The second kappa shape index (κ2) is 6.60. The van der Waals surface area contributed by atoms with Crippen LogP contribution in [0.3, 0.4) is 0 Å². The first-order valence-electron chi connectivity index (χ1n) is 6.50. The normalized spacial score (nSPS) is 10.9. The van der Waals surface area contributed by atoms with Gasteiger partial charge < -0.3 is 5.73 Å². The number of benzene rings is 2. The standard InChI is InChI=1S/C16H19ClN2/c1-2-19(11-13-7-4-3-5-8-13)12-14-15(17)9-6-10-16(14)18/h3-10H,2,11-12,18H2,1H3. The van der Waals surface area contributed by atoms with Crippen LogP contribution in [-0.2, 0) is 13.1 Å². The van der Waals surface area contributed by atoms with E-state index < -0.39 is 0 Å². The van der Waals surface area contributed by atoms with Gasteiger partial charge in [0.2, 0.25) is 0 Å². The van der Waals surface area contributed by atoms with Gasteiger partial charge in [0, 0.05) is 29.4 Å². The molecule has 0 aliphatic heterocycles. The maximum atomic E-state index is 6.23. The van der Waals surface area contributed by atoms with Crippen molar-refractivity contribution >= 4 is 17.3 Å². The van der Waals surface area contributed by atoms with Gasteiger partial charge in [-0.25, -0.2) is 0 Å². The number of hydrogen-bond donors (Lipinski definition) is 1. The Balaban J connectivity index is 2.11. The predicted molar refractivity (Wildman–Crippen MR) is 82.1 cm³/mol. The van der Waals surface area contributed by atoms with Crippen LogP contribution in [0.5, 0.6) is 0 Å². The van der Waals surface area contributed by atoms with Crippen molar-refractivity contribution in [2.75, 3.05) is 12.3 Å². The molecule has 0 amide bonds. The number of nitrogens with zero attached hydrogens (tertiary/aromatic N) is 1. The number of nitrogens with two attached hydrogens (primary N) is 1. The minimum absolute atomic E-state index is 0.742. The second-order valence-corrected chi connectivity index (χ2v) is 5.00. The van der Waals surface area contributed by atoms with Crippen LogP contribution >= 0.6 is 11.6 Å². The van der Waals surface area contributed by atoms with E-state index in [1.165, 1.54) is 5.56 Å². The van der Waals surface area contributed by atoms with Gasteiger partial charge in [-0.3, -0.25) is 4.90 Å². The summed E-state index contributed by atoms with van der Waals surface area (Å²) in [6.07, 6.45) is 0. The zero-order valence-electron chi connectivity index (χ0n) is 11.1. The summed E-state index contributed by atoms with van der Waals surface area (Å²) in [7, 11) is 0. The molecule has 2 aromatic rings. The monoisotopic (exact) mass is 274 g/mol. The highest BCUT2D eigenvalue weighted by molar-refractivity contribution is 6.31. The summed E-state index contributed by atoms with van der Waals surface area (Å²) in [5.41, 5.74) is 9.09. The molecule has 3 heteroatoms. The van der Waals surface area contributed by atoms with E-state index in [9.17, 15) is 0 Å². The molecule has 2 rings (SSSR count). The summed E-state index contributed by atoms with van der Waals surface area (Å²) >= 11 is 6.23. The van der Waals surface area contributed by atoms with E-state index in [4.69, 9.17) is 17.3 Å². The lowest BCUT2D eigenvalue weighted by molar-refractivity contribution is 0.272. The van der Waals surface area contributed by atoms with Crippen LogP contribution in [0.25, 0.3) is 0 Å². The summed E-state index contributed by atoms with van der Waals surface area (Å²) < 4.78 is 0. The maximum Gasteiger partial charge on any atom is 0.0471 e. The van der Waals surface area contributed by atoms with Gasteiger partial charge in [0.25, 0.3) is 0 Å². The molecule has 2 nitrogen and oxygen atoms in total. The minimum atomic E-state index is 0.742. The topological polar surface area (TPSA) is 29.3 Å². The van der Waals surface area contributed by atoms with Gasteiger partial charge >= 0.3 is 0 Å². The number of rotatable bonds is 5. The number of nitrogen functional groups attached to an aromatic ring is 1. The summed E-state index contributed by atoms with van der Waals surface area (Å²) in [5, 5.41) is 0.742. The van der Waals surface area contributed by atoms with Crippen LogP contribution in [0.2, 0.25) is 5.02 Å². The van der Waals surface area contributed by atoms with Gasteiger partial charge in [0.1, 0.15) is 0 Å². The number of halogens is 1. The van der Waals surface area contributed by atoms with Crippen LogP contribution in [-0.4, -0.2) is 11.4 Å². The Morgan fingerprint density at radius 1 is 1.00 bits per heavy atom. The highest BCUT2D eigenvalue weighted by atomic mass is 35.5. The third-order valence-electron chi connectivity index (χ3n) is 3.23. The van der Waals surface area contributed by atoms with Crippen molar-refractivity contribution in [1.29, 1.82) is 0 Å². The van der Waals surface area contributed by atoms with Gasteiger partial charge in [-0.1, -0.05) is 54.9 Å². The highest BCUT2D eigenvalue weighted by Gasteiger charge is 2.10. The van der Waals surface area contributed by atoms with Gasteiger partial charge in [-0.05, 0) is 24.2 Å². The molecule has 100 valence electrons. The minimum Gasteiger partial charge on any atom is -0.398 e. The van der Waals surface area contributed by atoms with E-state index in [-0.39, 0.29) is 0 Å². The molecule has 0 unspecified atom stereocenters. The molecule has 0 aromatic heterocycles. The lowest BCUT2D eigenvalue weighted by atomic mass is 10.1. The SMILES string of the molecule is CCN(Cc1ccccc1)Cc1c(N)cccc1Cl. The van der Waals surface area contributed by atoms with E-state index in [0.717, 1.165) is 35.9 Å². The molecule has 0 aliphatic rings. The van der Waals surface area contributed by atoms with E-state index >= 15 is 0 Å². The highest BCUT2D eigenvalue weighted by Crippen LogP contribution is 2.24. The maximum absolute atomic E-state index is 6.23. The van der Waals surface area contributed by atoms with Crippen molar-refractivity contribution in [1.82, 2.24) is 4.90 Å². The molecule has 2 N–H and O–H groups in total. The molecular formula is C16H19ClN2. The number of hydrogen-bond acceptors (Lipinski definition) is 2.